The normalized spacial score (nSPS) is 13.0. The Hall–Kier alpha value is -3.53. The van der Waals surface area contributed by atoms with Crippen molar-refractivity contribution < 1.29 is 13.9 Å². The Balaban J connectivity index is 1.30. The first-order valence-corrected chi connectivity index (χ1v) is 14.4. The van der Waals surface area contributed by atoms with Crippen molar-refractivity contribution in [2.45, 2.75) is 33.4 Å². The summed E-state index contributed by atoms with van der Waals surface area (Å²) in [7, 11) is 0. The lowest BCUT2D eigenvalue weighted by Crippen LogP contribution is -2.39. The second-order valence-electron chi connectivity index (χ2n) is 9.64. The number of hydrogen-bond acceptors (Lipinski definition) is 7. The van der Waals surface area contributed by atoms with Crippen molar-refractivity contribution in [2.75, 3.05) is 31.5 Å². The number of hydrogen-bond donors (Lipinski definition) is 1. The topological polar surface area (TPSA) is 70.6 Å². The van der Waals surface area contributed by atoms with Crippen molar-refractivity contribution in [3.63, 3.8) is 0 Å². The number of likely N-dealkylation sites (N-methyl/N-ethyl adjacent to an activating group) is 1. The maximum absolute atomic E-state index is 13.5. The third-order valence-corrected chi connectivity index (χ3v) is 8.43. The van der Waals surface area contributed by atoms with E-state index in [4.69, 9.17) is 16.3 Å². The largest absolute Gasteiger partial charge is 0.487 e. The Morgan fingerprint density at radius 2 is 2.05 bits per heavy atom. The molecule has 0 bridgehead atoms. The van der Waals surface area contributed by atoms with Gasteiger partial charge in [0.2, 0.25) is 0 Å². The van der Waals surface area contributed by atoms with Crippen LogP contribution in [0.4, 0.5) is 15.9 Å². The number of ether oxygens (including phenoxy) is 1. The first kappa shape index (κ1) is 28.0. The number of anilines is 2. The van der Waals surface area contributed by atoms with Gasteiger partial charge in [0.25, 0.3) is 5.91 Å². The van der Waals surface area contributed by atoms with Gasteiger partial charge in [-0.15, -0.1) is 11.3 Å². The predicted molar refractivity (Wildman–Crippen MR) is 159 cm³/mol. The van der Waals surface area contributed by atoms with E-state index < -0.39 is 0 Å². The number of rotatable bonds is 10. The molecular formula is C30H31ClFN5O2S. The number of fused-ring (bicyclic) bond motifs is 3. The van der Waals surface area contributed by atoms with Gasteiger partial charge in [0.05, 0.1) is 17.0 Å². The molecule has 0 saturated heterocycles. The Bertz CT molecular complexity index is 1550. The van der Waals surface area contributed by atoms with Crippen LogP contribution in [0.1, 0.15) is 29.9 Å². The highest BCUT2D eigenvalue weighted by molar-refractivity contribution is 7.19. The Morgan fingerprint density at radius 3 is 2.80 bits per heavy atom. The minimum absolute atomic E-state index is 0.00814. The lowest BCUT2D eigenvalue weighted by Gasteiger charge is -2.29. The maximum Gasteiger partial charge on any atom is 0.250 e. The molecule has 1 N–H and O–H groups in total. The molecule has 208 valence electrons. The van der Waals surface area contributed by atoms with Crippen LogP contribution in [0.15, 0.2) is 60.9 Å². The van der Waals surface area contributed by atoms with E-state index in [0.29, 0.717) is 41.8 Å². The van der Waals surface area contributed by atoms with E-state index in [2.05, 4.69) is 40.6 Å². The highest BCUT2D eigenvalue weighted by atomic mass is 35.5. The summed E-state index contributed by atoms with van der Waals surface area (Å²) in [5.41, 5.74) is 3.26. The first-order chi connectivity index (χ1) is 19.4. The van der Waals surface area contributed by atoms with Gasteiger partial charge in [-0.2, -0.15) is 0 Å². The van der Waals surface area contributed by atoms with E-state index >= 15 is 0 Å². The van der Waals surface area contributed by atoms with Crippen LogP contribution in [-0.2, 0) is 24.4 Å². The van der Waals surface area contributed by atoms with Crippen molar-refractivity contribution in [1.29, 1.82) is 0 Å². The van der Waals surface area contributed by atoms with E-state index in [0.717, 1.165) is 45.9 Å². The number of thiophene rings is 1. The number of amides is 1. The summed E-state index contributed by atoms with van der Waals surface area (Å²) in [5.74, 6) is 0.898. The summed E-state index contributed by atoms with van der Waals surface area (Å²) in [5, 5.41) is 4.79. The first-order valence-electron chi connectivity index (χ1n) is 13.2. The summed E-state index contributed by atoms with van der Waals surface area (Å²) in [6.07, 6.45) is 2.26. The van der Waals surface area contributed by atoms with Crippen molar-refractivity contribution in [2.24, 2.45) is 0 Å². The Morgan fingerprint density at radius 1 is 1.23 bits per heavy atom. The quantitative estimate of drug-likeness (QED) is 0.214. The van der Waals surface area contributed by atoms with Crippen molar-refractivity contribution in [1.82, 2.24) is 19.8 Å². The van der Waals surface area contributed by atoms with Gasteiger partial charge in [-0.3, -0.25) is 9.69 Å². The van der Waals surface area contributed by atoms with E-state index in [1.54, 1.807) is 41.9 Å². The number of carbonyl (C=O) groups is 1. The molecule has 0 atom stereocenters. The maximum atomic E-state index is 13.5. The highest BCUT2D eigenvalue weighted by Crippen LogP contribution is 2.39. The van der Waals surface area contributed by atoms with Crippen molar-refractivity contribution in [3.05, 3.63) is 87.8 Å². The number of halogens is 2. The molecule has 1 aliphatic rings. The SMILES string of the molecule is C=C(CN(CC)CC)C(=O)N1CCc2c(sc3ncnc(Nc4ccc(OCc5cccc(F)c5)c(Cl)c4)c23)C1. The minimum atomic E-state index is -0.307. The second kappa shape index (κ2) is 12.3. The van der Waals surface area contributed by atoms with Gasteiger partial charge in [0, 0.05) is 29.2 Å². The summed E-state index contributed by atoms with van der Waals surface area (Å²) in [6.45, 7) is 12.0. The highest BCUT2D eigenvalue weighted by Gasteiger charge is 2.27. The number of nitrogens with zero attached hydrogens (tertiary/aromatic N) is 4. The fourth-order valence-corrected chi connectivity index (χ4v) is 6.26. The van der Waals surface area contributed by atoms with Gasteiger partial charge in [-0.1, -0.05) is 44.2 Å². The number of aromatic nitrogens is 2. The van der Waals surface area contributed by atoms with Crippen LogP contribution < -0.4 is 10.1 Å². The van der Waals surface area contributed by atoms with Gasteiger partial charge < -0.3 is 15.0 Å². The van der Waals surface area contributed by atoms with E-state index in [1.807, 2.05) is 11.0 Å². The number of benzene rings is 2. The van der Waals surface area contributed by atoms with Gasteiger partial charge >= 0.3 is 0 Å². The molecule has 2 aromatic heterocycles. The van der Waals surface area contributed by atoms with E-state index in [9.17, 15) is 9.18 Å². The standard InChI is InChI=1S/C30H31ClFN5O2S/c1-4-36(5-2)15-19(3)30(38)37-12-11-23-26(16-37)40-29-27(23)28(33-18-34-29)35-22-9-10-25(24(31)14-22)39-17-20-7-6-8-21(32)13-20/h6-10,13-14,18H,3-5,11-12,15-17H2,1-2H3,(H,33,34,35). The zero-order chi connectivity index (χ0) is 28.2. The molecule has 5 rings (SSSR count). The molecule has 0 fully saturated rings. The predicted octanol–water partition coefficient (Wildman–Crippen LogP) is 6.59. The molecule has 40 heavy (non-hydrogen) atoms. The Kier molecular flexibility index (Phi) is 8.63. The monoisotopic (exact) mass is 579 g/mol. The van der Waals surface area contributed by atoms with Gasteiger partial charge in [-0.05, 0) is 61.0 Å². The lowest BCUT2D eigenvalue weighted by molar-refractivity contribution is -0.128. The number of carbonyl (C=O) groups excluding carboxylic acids is 1. The van der Waals surface area contributed by atoms with Crippen LogP contribution in [0.5, 0.6) is 5.75 Å². The second-order valence-corrected chi connectivity index (χ2v) is 11.1. The average Bonchev–Trinajstić information content (AvgIpc) is 3.34. The summed E-state index contributed by atoms with van der Waals surface area (Å²) < 4.78 is 19.3. The fourth-order valence-electron chi connectivity index (χ4n) is 4.82. The van der Waals surface area contributed by atoms with Gasteiger partial charge in [-0.25, -0.2) is 14.4 Å². The van der Waals surface area contributed by atoms with Gasteiger partial charge in [0.15, 0.2) is 0 Å². The average molecular weight is 580 g/mol. The van der Waals surface area contributed by atoms with Crippen molar-refractivity contribution in [3.8, 4) is 5.75 Å². The van der Waals surface area contributed by atoms with Crippen LogP contribution in [0.25, 0.3) is 10.2 Å². The molecule has 3 heterocycles. The smallest absolute Gasteiger partial charge is 0.250 e. The molecule has 0 radical (unpaired) electrons. The molecule has 2 aromatic carbocycles. The van der Waals surface area contributed by atoms with Crippen molar-refractivity contribution >= 4 is 50.6 Å². The summed E-state index contributed by atoms with van der Waals surface area (Å²) >= 11 is 8.10. The summed E-state index contributed by atoms with van der Waals surface area (Å²) in [6, 6.07) is 11.7. The molecule has 10 heteroatoms. The van der Waals surface area contributed by atoms with Crippen LogP contribution in [-0.4, -0.2) is 51.9 Å². The molecule has 0 aliphatic carbocycles. The molecule has 0 unspecified atom stereocenters. The molecule has 0 spiro atoms. The fraction of sp³-hybridized carbons (Fsp3) is 0.300. The Labute approximate surface area is 242 Å². The molecule has 1 amide bonds. The molecule has 1 aliphatic heterocycles. The van der Waals surface area contributed by atoms with E-state index in [1.165, 1.54) is 17.7 Å². The zero-order valence-corrected chi connectivity index (χ0v) is 24.1. The zero-order valence-electron chi connectivity index (χ0n) is 22.5. The molecule has 7 nitrogen and oxygen atoms in total. The van der Waals surface area contributed by atoms with Crippen LogP contribution >= 0.6 is 22.9 Å². The molecular weight excluding hydrogens is 549 g/mol. The molecule has 4 aromatic rings. The van der Waals surface area contributed by atoms with Crippen LogP contribution in [0.3, 0.4) is 0 Å². The van der Waals surface area contributed by atoms with E-state index in [-0.39, 0.29) is 18.3 Å². The minimum Gasteiger partial charge on any atom is -0.487 e. The number of nitrogens with one attached hydrogen (secondary N) is 1. The van der Waals surface area contributed by atoms with Crippen LogP contribution in [0, 0.1) is 5.82 Å². The third-order valence-electron chi connectivity index (χ3n) is 7.01. The summed E-state index contributed by atoms with van der Waals surface area (Å²) in [4.78, 5) is 28.2. The van der Waals surface area contributed by atoms with Crippen LogP contribution in [0.2, 0.25) is 5.02 Å². The molecule has 0 saturated carbocycles. The third kappa shape index (κ3) is 6.11. The lowest BCUT2D eigenvalue weighted by atomic mass is 10.0. The van der Waals surface area contributed by atoms with Gasteiger partial charge in [0.1, 0.15) is 35.1 Å².